The molecule has 0 aliphatic heterocycles. The highest BCUT2D eigenvalue weighted by molar-refractivity contribution is 7.92. The Morgan fingerprint density at radius 1 is 1.11 bits per heavy atom. The van der Waals surface area contributed by atoms with Crippen molar-refractivity contribution >= 4 is 27.4 Å². The fourth-order valence-electron chi connectivity index (χ4n) is 3.66. The van der Waals surface area contributed by atoms with Crippen LogP contribution in [-0.2, 0) is 14.6 Å². The van der Waals surface area contributed by atoms with Crippen molar-refractivity contribution in [2.45, 2.75) is 41.9 Å². The number of sulfone groups is 1. The quantitative estimate of drug-likeness (QED) is 0.365. The molecule has 1 fully saturated rings. The van der Waals surface area contributed by atoms with Crippen LogP contribution >= 0.6 is 0 Å². The zero-order valence-corrected chi connectivity index (χ0v) is 20.1. The first kappa shape index (κ1) is 24.6. The number of hydrogen-bond acceptors (Lipinski definition) is 7. The molecule has 2 aromatic carbocycles. The Kier molecular flexibility index (Phi) is 6.24. The Morgan fingerprint density at radius 3 is 2.31 bits per heavy atom. The minimum absolute atomic E-state index is 0.0215. The number of benzene rings is 2. The molecule has 4 rings (SSSR count). The number of hydrogen-bond donors (Lipinski definition) is 4. The monoisotopic (exact) mass is 499 g/mol. The maximum absolute atomic E-state index is 13.4. The number of nitrogens with zero attached hydrogens (tertiary/aromatic N) is 2. The molecule has 1 aliphatic carbocycles. The van der Waals surface area contributed by atoms with Gasteiger partial charge < -0.3 is 21.5 Å². The number of amides is 2. The predicted molar refractivity (Wildman–Crippen MR) is 130 cm³/mol. The van der Waals surface area contributed by atoms with Crippen LogP contribution in [0.5, 0.6) is 0 Å². The molecule has 11 heteroatoms. The zero-order chi connectivity index (χ0) is 25.4. The van der Waals surface area contributed by atoms with Crippen LogP contribution in [0, 0.1) is 5.82 Å². The minimum atomic E-state index is -3.84. The fraction of sp³-hybridized carbons (Fsp3) is 0.292. The summed E-state index contributed by atoms with van der Waals surface area (Å²) in [5.74, 6) is -0.147. The smallest absolute Gasteiger partial charge is 0.319 e. The van der Waals surface area contributed by atoms with Gasteiger partial charge in [-0.3, -0.25) is 0 Å². The van der Waals surface area contributed by atoms with E-state index in [0.717, 1.165) is 12.1 Å². The lowest BCUT2D eigenvalue weighted by Gasteiger charge is -2.23. The van der Waals surface area contributed by atoms with Crippen LogP contribution in [0.2, 0.25) is 0 Å². The van der Waals surface area contributed by atoms with E-state index in [1.807, 2.05) is 0 Å². The first-order chi connectivity index (χ1) is 16.5. The van der Waals surface area contributed by atoms with E-state index in [1.165, 1.54) is 18.2 Å². The van der Waals surface area contributed by atoms with Crippen LogP contribution in [0.1, 0.15) is 32.4 Å². The van der Waals surface area contributed by atoms with Gasteiger partial charge in [0.25, 0.3) is 0 Å². The Balaban J connectivity index is 1.59. The summed E-state index contributed by atoms with van der Waals surface area (Å²) < 4.78 is 38.8. The first-order valence-electron chi connectivity index (χ1n) is 10.9. The van der Waals surface area contributed by atoms with Crippen LogP contribution in [0.15, 0.2) is 59.5 Å². The van der Waals surface area contributed by atoms with E-state index in [4.69, 9.17) is 5.73 Å². The lowest BCUT2D eigenvalue weighted by atomic mass is 10.1. The van der Waals surface area contributed by atoms with Crippen molar-refractivity contribution in [3.8, 4) is 11.4 Å². The number of aromatic nitrogens is 2. The molecule has 0 radical (unpaired) electrons. The van der Waals surface area contributed by atoms with Crippen LogP contribution in [0.3, 0.4) is 0 Å². The average molecular weight is 500 g/mol. The largest absolute Gasteiger partial charge is 0.394 e. The van der Waals surface area contributed by atoms with Crippen molar-refractivity contribution < 1.29 is 22.7 Å². The molecule has 0 saturated heterocycles. The van der Waals surface area contributed by atoms with Gasteiger partial charge >= 0.3 is 6.03 Å². The third kappa shape index (κ3) is 4.96. The average Bonchev–Trinajstić information content (AvgIpc) is 3.62. The van der Waals surface area contributed by atoms with Gasteiger partial charge in [0.2, 0.25) is 0 Å². The van der Waals surface area contributed by atoms with Crippen molar-refractivity contribution in [1.82, 2.24) is 15.3 Å². The highest BCUT2D eigenvalue weighted by Crippen LogP contribution is 2.54. The highest BCUT2D eigenvalue weighted by Gasteiger charge is 2.57. The lowest BCUT2D eigenvalue weighted by molar-refractivity contribution is 0.187. The summed E-state index contributed by atoms with van der Waals surface area (Å²) in [5.41, 5.74) is 6.60. The summed E-state index contributed by atoms with van der Waals surface area (Å²) in [4.78, 5) is 20.9. The van der Waals surface area contributed by atoms with E-state index in [2.05, 4.69) is 20.6 Å². The topological polar surface area (TPSA) is 147 Å². The van der Waals surface area contributed by atoms with Gasteiger partial charge in [0.05, 0.1) is 22.7 Å². The molecule has 0 spiro atoms. The third-order valence-corrected chi connectivity index (χ3v) is 8.34. The van der Waals surface area contributed by atoms with Crippen LogP contribution in [0.25, 0.3) is 11.4 Å². The van der Waals surface area contributed by atoms with Gasteiger partial charge in [-0.25, -0.2) is 27.6 Å². The Labute approximate surface area is 202 Å². The summed E-state index contributed by atoms with van der Waals surface area (Å²) in [6.07, 6.45) is 0.732. The molecule has 184 valence electrons. The maximum atomic E-state index is 13.4. The molecular formula is C24H26FN5O4S. The summed E-state index contributed by atoms with van der Waals surface area (Å²) in [5, 5.41) is 14.6. The number of rotatable bonds is 7. The van der Waals surface area contributed by atoms with Gasteiger partial charge in [-0.2, -0.15) is 0 Å². The molecular weight excluding hydrogens is 473 g/mol. The second-order valence-corrected chi connectivity index (χ2v) is 11.4. The number of aliphatic hydroxyl groups is 1. The molecule has 0 bridgehead atoms. The van der Waals surface area contributed by atoms with Gasteiger partial charge in [-0.05, 0) is 75.2 Å². The number of aliphatic hydroxyl groups excluding tert-OH is 1. The Morgan fingerprint density at radius 2 is 1.74 bits per heavy atom. The van der Waals surface area contributed by atoms with Crippen molar-refractivity contribution in [2.24, 2.45) is 0 Å². The van der Waals surface area contributed by atoms with E-state index in [1.54, 1.807) is 38.1 Å². The minimum Gasteiger partial charge on any atom is -0.394 e. The molecule has 2 amide bonds. The number of nitrogens with two attached hydrogens (primary N) is 1. The summed E-state index contributed by atoms with van der Waals surface area (Å²) in [6.45, 7) is 3.16. The van der Waals surface area contributed by atoms with Gasteiger partial charge in [-0.1, -0.05) is 0 Å². The van der Waals surface area contributed by atoms with Crippen molar-refractivity contribution in [3.63, 3.8) is 0 Å². The molecule has 1 aliphatic rings. The number of urea groups is 1. The van der Waals surface area contributed by atoms with Crippen LogP contribution in [-0.4, -0.2) is 41.7 Å². The fourth-order valence-corrected chi connectivity index (χ4v) is 5.62. The third-order valence-electron chi connectivity index (χ3n) is 5.80. The SMILES string of the molecule is CC(C)(CO)NC(=O)Nc1ccc(-c2nc(N)cc(C3(S(=O)(=O)c4ccc(F)cc4)CC3)n2)cc1. The molecule has 1 heterocycles. The Bertz CT molecular complexity index is 1360. The number of halogens is 1. The van der Waals surface area contributed by atoms with E-state index in [0.29, 0.717) is 24.1 Å². The van der Waals surface area contributed by atoms with Crippen molar-refractivity contribution in [2.75, 3.05) is 17.7 Å². The molecule has 1 aromatic heterocycles. The number of anilines is 2. The standard InChI is InChI=1S/C24H26FN5O4S/c1-23(2,14-31)30-22(32)27-17-7-3-15(4-8-17)21-28-19(13-20(26)29-21)24(11-12-24)35(33,34)18-9-5-16(25)6-10-18/h3-10,13,31H,11-12,14H2,1-2H3,(H2,26,28,29)(H2,27,30,32). The molecule has 5 N–H and O–H groups in total. The van der Waals surface area contributed by atoms with E-state index >= 15 is 0 Å². The summed E-state index contributed by atoms with van der Waals surface area (Å²) in [7, 11) is -3.84. The maximum Gasteiger partial charge on any atom is 0.319 e. The molecule has 1 saturated carbocycles. The van der Waals surface area contributed by atoms with E-state index in [9.17, 15) is 22.7 Å². The second kappa shape index (κ2) is 8.90. The molecule has 9 nitrogen and oxygen atoms in total. The van der Waals surface area contributed by atoms with Crippen LogP contribution in [0.4, 0.5) is 20.7 Å². The van der Waals surface area contributed by atoms with Crippen molar-refractivity contribution in [1.29, 1.82) is 0 Å². The molecule has 0 atom stereocenters. The normalized spacial score (nSPS) is 14.9. The zero-order valence-electron chi connectivity index (χ0n) is 19.2. The van der Waals surface area contributed by atoms with E-state index in [-0.39, 0.29) is 28.8 Å². The van der Waals surface area contributed by atoms with Gasteiger partial charge in [0.1, 0.15) is 16.4 Å². The van der Waals surface area contributed by atoms with Crippen molar-refractivity contribution in [3.05, 3.63) is 66.1 Å². The molecule has 0 unspecified atom stereocenters. The predicted octanol–water partition coefficient (Wildman–Crippen LogP) is 3.22. The van der Waals surface area contributed by atoms with Gasteiger partial charge in [-0.15, -0.1) is 0 Å². The number of carbonyl (C=O) groups is 1. The number of nitrogen functional groups attached to an aromatic ring is 1. The second-order valence-electron chi connectivity index (χ2n) is 9.15. The number of nitrogens with one attached hydrogen (secondary N) is 2. The molecule has 35 heavy (non-hydrogen) atoms. The highest BCUT2D eigenvalue weighted by atomic mass is 32.2. The van der Waals surface area contributed by atoms with E-state index < -0.39 is 32.0 Å². The number of carbonyl (C=O) groups excluding carboxylic acids is 1. The summed E-state index contributed by atoms with van der Waals surface area (Å²) >= 11 is 0. The lowest BCUT2D eigenvalue weighted by Crippen LogP contribution is -2.48. The van der Waals surface area contributed by atoms with Crippen LogP contribution < -0.4 is 16.4 Å². The van der Waals surface area contributed by atoms with Gasteiger partial charge in [0, 0.05) is 17.3 Å². The Hall–Kier alpha value is -3.57. The van der Waals surface area contributed by atoms with Gasteiger partial charge in [0.15, 0.2) is 15.7 Å². The first-order valence-corrected chi connectivity index (χ1v) is 12.4. The molecule has 3 aromatic rings. The summed E-state index contributed by atoms with van der Waals surface area (Å²) in [6, 6.07) is 12.4.